The molecule has 0 amide bonds. The average Bonchev–Trinajstić information content (AvgIpc) is 2.69. The van der Waals surface area contributed by atoms with Crippen LogP contribution in [0, 0.1) is 18.3 Å². The summed E-state index contributed by atoms with van der Waals surface area (Å²) in [5.74, 6) is -0.0565. The molecule has 1 heterocycles. The van der Waals surface area contributed by atoms with Crippen LogP contribution in [0.15, 0.2) is 29.1 Å². The smallest absolute Gasteiger partial charge is 0.271 e. The zero-order chi connectivity index (χ0) is 21.6. The Morgan fingerprint density at radius 2 is 1.93 bits per heavy atom. The van der Waals surface area contributed by atoms with Crippen LogP contribution in [0.4, 0.5) is 0 Å². The molecular weight excluding hydrogens is 372 g/mol. The van der Waals surface area contributed by atoms with Crippen LogP contribution in [0.5, 0.6) is 11.6 Å². The van der Waals surface area contributed by atoms with Gasteiger partial charge in [-0.1, -0.05) is 26.0 Å². The van der Waals surface area contributed by atoms with Crippen molar-refractivity contribution in [3.8, 4) is 17.7 Å². The molecule has 0 radical (unpaired) electrons. The first kappa shape index (κ1) is 22.2. The number of methoxy groups -OCH3 is 1. The number of ether oxygens (including phenoxy) is 2. The van der Waals surface area contributed by atoms with Crippen LogP contribution in [-0.2, 0) is 11.3 Å². The number of aromatic nitrogens is 1. The first-order valence-electron chi connectivity index (χ1n) is 9.43. The van der Waals surface area contributed by atoms with Gasteiger partial charge in [0.15, 0.2) is 6.61 Å². The van der Waals surface area contributed by atoms with E-state index >= 15 is 0 Å². The molecule has 0 aliphatic carbocycles. The number of rotatable bonds is 9. The lowest BCUT2D eigenvalue weighted by atomic mass is 10.0. The van der Waals surface area contributed by atoms with E-state index in [2.05, 4.69) is 13.8 Å². The molecule has 1 N–H and O–H groups in total. The van der Waals surface area contributed by atoms with Crippen LogP contribution in [0.2, 0.25) is 0 Å². The van der Waals surface area contributed by atoms with Gasteiger partial charge in [0, 0.05) is 20.3 Å². The standard InChI is InChI=1S/C22H26N2O5/c1-14(2)16-6-8-17(9-7-16)29-13-19(25)20-15(3)18(12-23)21(26)24(22(20)27)10-5-11-28-4/h6-9,14,27H,5,10-11,13H2,1-4H3. The fourth-order valence-corrected chi connectivity index (χ4v) is 3.03. The van der Waals surface area contributed by atoms with E-state index in [1.165, 1.54) is 14.0 Å². The SMILES string of the molecule is COCCCn1c(O)c(C(=O)COc2ccc(C(C)C)cc2)c(C)c(C#N)c1=O. The highest BCUT2D eigenvalue weighted by molar-refractivity contribution is 6.01. The van der Waals surface area contributed by atoms with Crippen molar-refractivity contribution in [1.29, 1.82) is 5.26 Å². The fourth-order valence-electron chi connectivity index (χ4n) is 3.03. The van der Waals surface area contributed by atoms with Gasteiger partial charge in [-0.05, 0) is 42.5 Å². The molecule has 2 rings (SSSR count). The Bertz CT molecular complexity index is 969. The van der Waals surface area contributed by atoms with Crippen molar-refractivity contribution in [1.82, 2.24) is 4.57 Å². The highest BCUT2D eigenvalue weighted by Gasteiger charge is 2.24. The molecule has 0 saturated heterocycles. The maximum Gasteiger partial charge on any atom is 0.271 e. The van der Waals surface area contributed by atoms with Gasteiger partial charge in [0.25, 0.3) is 5.56 Å². The molecule has 154 valence electrons. The molecule has 0 bridgehead atoms. The highest BCUT2D eigenvalue weighted by Crippen LogP contribution is 2.24. The molecule has 0 spiro atoms. The Balaban J connectivity index is 2.29. The lowest BCUT2D eigenvalue weighted by Gasteiger charge is -2.16. The first-order valence-corrected chi connectivity index (χ1v) is 9.43. The molecule has 7 nitrogen and oxygen atoms in total. The summed E-state index contributed by atoms with van der Waals surface area (Å²) in [6, 6.07) is 9.25. The summed E-state index contributed by atoms with van der Waals surface area (Å²) >= 11 is 0. The molecule has 0 fully saturated rings. The van der Waals surface area contributed by atoms with Gasteiger partial charge in [0.05, 0.1) is 5.56 Å². The Labute approximate surface area is 170 Å². The van der Waals surface area contributed by atoms with Crippen LogP contribution in [-0.4, -0.2) is 35.8 Å². The third-order valence-corrected chi connectivity index (χ3v) is 4.73. The van der Waals surface area contributed by atoms with Gasteiger partial charge in [-0.3, -0.25) is 14.2 Å². The van der Waals surface area contributed by atoms with Crippen LogP contribution >= 0.6 is 0 Å². The summed E-state index contributed by atoms with van der Waals surface area (Å²) in [6.45, 7) is 5.82. The average molecular weight is 398 g/mol. The molecule has 1 aromatic heterocycles. The largest absolute Gasteiger partial charge is 0.494 e. The summed E-state index contributed by atoms with van der Waals surface area (Å²) in [5, 5.41) is 19.9. The molecule has 0 saturated carbocycles. The number of pyridine rings is 1. The van der Waals surface area contributed by atoms with Crippen molar-refractivity contribution in [3.63, 3.8) is 0 Å². The zero-order valence-corrected chi connectivity index (χ0v) is 17.2. The molecule has 0 aliphatic rings. The molecule has 2 aromatic rings. The molecular formula is C22H26N2O5. The summed E-state index contributed by atoms with van der Waals surface area (Å²) in [6.07, 6.45) is 0.449. The summed E-state index contributed by atoms with van der Waals surface area (Å²) in [7, 11) is 1.53. The molecule has 29 heavy (non-hydrogen) atoms. The molecule has 0 unspecified atom stereocenters. The monoisotopic (exact) mass is 398 g/mol. The normalized spacial score (nSPS) is 10.8. The molecule has 7 heteroatoms. The second-order valence-electron chi connectivity index (χ2n) is 7.05. The number of carbonyl (C=O) groups excluding carboxylic acids is 1. The predicted octanol–water partition coefficient (Wildman–Crippen LogP) is 3.16. The van der Waals surface area contributed by atoms with E-state index in [-0.39, 0.29) is 29.8 Å². The second-order valence-corrected chi connectivity index (χ2v) is 7.05. The lowest BCUT2D eigenvalue weighted by Crippen LogP contribution is -2.28. The topological polar surface area (TPSA) is 102 Å². The first-order chi connectivity index (χ1) is 13.8. The van der Waals surface area contributed by atoms with Crippen molar-refractivity contribution in [2.75, 3.05) is 20.3 Å². The Morgan fingerprint density at radius 1 is 1.28 bits per heavy atom. The predicted molar refractivity (Wildman–Crippen MR) is 109 cm³/mol. The molecule has 1 aromatic carbocycles. The maximum absolute atomic E-state index is 12.8. The van der Waals surface area contributed by atoms with Crippen molar-refractivity contribution in [2.45, 2.75) is 39.7 Å². The number of ketones is 1. The van der Waals surface area contributed by atoms with Crippen LogP contribution in [0.3, 0.4) is 0 Å². The molecule has 0 aliphatic heterocycles. The zero-order valence-electron chi connectivity index (χ0n) is 17.2. The Kier molecular flexibility index (Phi) is 7.57. The quantitative estimate of drug-likeness (QED) is 0.514. The van der Waals surface area contributed by atoms with Gasteiger partial charge in [0.1, 0.15) is 17.4 Å². The third-order valence-electron chi connectivity index (χ3n) is 4.73. The number of nitriles is 1. The van der Waals surface area contributed by atoms with E-state index in [0.717, 1.165) is 10.1 Å². The van der Waals surface area contributed by atoms with E-state index in [0.29, 0.717) is 24.7 Å². The van der Waals surface area contributed by atoms with Crippen molar-refractivity contribution in [2.24, 2.45) is 0 Å². The van der Waals surface area contributed by atoms with Gasteiger partial charge in [-0.15, -0.1) is 0 Å². The minimum atomic E-state index is -0.625. The Morgan fingerprint density at radius 3 is 2.48 bits per heavy atom. The highest BCUT2D eigenvalue weighted by atomic mass is 16.5. The van der Waals surface area contributed by atoms with E-state index in [4.69, 9.17) is 9.47 Å². The van der Waals surface area contributed by atoms with Crippen molar-refractivity contribution < 1.29 is 19.4 Å². The van der Waals surface area contributed by atoms with Crippen molar-refractivity contribution in [3.05, 3.63) is 56.9 Å². The minimum absolute atomic E-state index is 0.0719. The van der Waals surface area contributed by atoms with E-state index in [1.54, 1.807) is 12.1 Å². The summed E-state index contributed by atoms with van der Waals surface area (Å²) < 4.78 is 11.6. The Hall–Kier alpha value is -3.11. The van der Waals surface area contributed by atoms with Crippen LogP contribution < -0.4 is 10.3 Å². The third kappa shape index (κ3) is 5.04. The van der Waals surface area contributed by atoms with Gasteiger partial charge >= 0.3 is 0 Å². The number of aromatic hydroxyl groups is 1. The molecule has 0 atom stereocenters. The van der Waals surface area contributed by atoms with Gasteiger partial charge in [-0.2, -0.15) is 5.26 Å². The number of Topliss-reactive ketones (excluding diaryl/α,β-unsaturated/α-hetero) is 1. The van der Waals surface area contributed by atoms with E-state index in [9.17, 15) is 20.0 Å². The second kappa shape index (κ2) is 9.89. The van der Waals surface area contributed by atoms with Crippen LogP contribution in [0.25, 0.3) is 0 Å². The van der Waals surface area contributed by atoms with Crippen LogP contribution in [0.1, 0.15) is 53.2 Å². The van der Waals surface area contributed by atoms with Crippen molar-refractivity contribution >= 4 is 5.78 Å². The number of nitrogens with zero attached hydrogens (tertiary/aromatic N) is 2. The van der Waals surface area contributed by atoms with E-state index < -0.39 is 17.2 Å². The number of carbonyl (C=O) groups is 1. The number of benzene rings is 1. The lowest BCUT2D eigenvalue weighted by molar-refractivity contribution is 0.0916. The van der Waals surface area contributed by atoms with Gasteiger partial charge in [-0.25, -0.2) is 0 Å². The summed E-state index contributed by atoms with van der Waals surface area (Å²) in [5.41, 5.74) is 0.447. The number of hydrogen-bond acceptors (Lipinski definition) is 6. The van der Waals surface area contributed by atoms with Gasteiger partial charge < -0.3 is 14.6 Å². The fraction of sp³-hybridized carbons (Fsp3) is 0.409. The number of hydrogen-bond donors (Lipinski definition) is 1. The van der Waals surface area contributed by atoms with Gasteiger partial charge in [0.2, 0.25) is 11.7 Å². The summed E-state index contributed by atoms with van der Waals surface area (Å²) in [4.78, 5) is 25.2. The maximum atomic E-state index is 12.8. The minimum Gasteiger partial charge on any atom is -0.494 e. The van der Waals surface area contributed by atoms with E-state index in [1.807, 2.05) is 18.2 Å².